The largest absolute Gasteiger partial charge is 0.463 e. The van der Waals surface area contributed by atoms with E-state index in [9.17, 15) is 9.59 Å². The molecule has 1 amide bonds. The predicted molar refractivity (Wildman–Crippen MR) is 141 cm³/mol. The molecule has 2 heterocycles. The minimum atomic E-state index is -0.463. The predicted octanol–water partition coefficient (Wildman–Crippen LogP) is 5.58. The highest BCUT2D eigenvalue weighted by Gasteiger charge is 2.42. The number of esters is 1. The molecule has 0 aliphatic carbocycles. The van der Waals surface area contributed by atoms with Crippen LogP contribution in [0.25, 0.3) is 5.70 Å². The third-order valence-electron chi connectivity index (χ3n) is 6.11. The zero-order valence-corrected chi connectivity index (χ0v) is 21.4. The summed E-state index contributed by atoms with van der Waals surface area (Å²) in [6.07, 6.45) is 1.06. The lowest BCUT2D eigenvalue weighted by Gasteiger charge is -2.37. The van der Waals surface area contributed by atoms with Crippen molar-refractivity contribution in [3.8, 4) is 0 Å². The molecule has 4 rings (SSSR count). The Hall–Kier alpha value is -3.32. The molecule has 0 saturated carbocycles. The molecule has 2 aliphatic heterocycles. The van der Waals surface area contributed by atoms with Crippen LogP contribution in [0, 0.1) is 6.92 Å². The van der Waals surface area contributed by atoms with E-state index in [0.717, 1.165) is 34.0 Å². The van der Waals surface area contributed by atoms with E-state index in [1.807, 2.05) is 85.7 Å². The van der Waals surface area contributed by atoms with E-state index in [0.29, 0.717) is 11.3 Å². The van der Waals surface area contributed by atoms with Crippen molar-refractivity contribution < 1.29 is 14.3 Å². The summed E-state index contributed by atoms with van der Waals surface area (Å²) in [6, 6.07) is 17.5. The van der Waals surface area contributed by atoms with Crippen molar-refractivity contribution in [3.05, 3.63) is 88.0 Å². The summed E-state index contributed by atoms with van der Waals surface area (Å²) in [5.41, 5.74) is 4.81. The number of fused-ring (bicyclic) bond motifs is 1. The van der Waals surface area contributed by atoms with Crippen LogP contribution in [0.2, 0.25) is 0 Å². The first-order valence-electron chi connectivity index (χ1n) is 12.0. The highest BCUT2D eigenvalue weighted by atomic mass is 32.2. The van der Waals surface area contributed by atoms with Gasteiger partial charge in [-0.3, -0.25) is 4.79 Å². The van der Waals surface area contributed by atoms with Crippen molar-refractivity contribution in [2.24, 2.45) is 4.99 Å². The summed E-state index contributed by atoms with van der Waals surface area (Å²) in [4.78, 5) is 33.2. The number of aryl methyl sites for hydroxylation is 1. The average Bonchev–Trinajstić information content (AvgIpc) is 3.26. The van der Waals surface area contributed by atoms with Gasteiger partial charge in [-0.2, -0.15) is 0 Å². The smallest absolute Gasteiger partial charge is 0.338 e. The van der Waals surface area contributed by atoms with Crippen molar-refractivity contribution in [3.63, 3.8) is 0 Å². The first-order chi connectivity index (χ1) is 16.9. The van der Waals surface area contributed by atoms with Crippen molar-refractivity contribution in [2.75, 3.05) is 6.61 Å². The Kier molecular flexibility index (Phi) is 7.76. The maximum Gasteiger partial charge on any atom is 0.338 e. The van der Waals surface area contributed by atoms with E-state index in [1.54, 1.807) is 6.92 Å². The Bertz CT molecular complexity index is 1190. The molecule has 182 valence electrons. The standard InChI is InChI=1S/C28H31N3O3S/c1-5-19(4)29-23(32)16-22-17-35-28-30-25(20-10-8-7-9-11-20)24(27(33)34-6-2)26(31(22)28)21-14-12-18(3)13-15-21/h7-15,17,19,26H,5-6,16H2,1-4H3,(H,29,32)/t19-,26-/m0/s1. The van der Waals surface area contributed by atoms with E-state index in [4.69, 9.17) is 9.73 Å². The Balaban J connectivity index is 1.83. The number of hydrogen-bond donors (Lipinski definition) is 1. The maximum atomic E-state index is 13.5. The van der Waals surface area contributed by atoms with E-state index in [-0.39, 0.29) is 25.0 Å². The second kappa shape index (κ2) is 11.0. The Morgan fingerprint density at radius 1 is 1.11 bits per heavy atom. The molecule has 0 fully saturated rings. The monoisotopic (exact) mass is 489 g/mol. The van der Waals surface area contributed by atoms with Gasteiger partial charge in [0.25, 0.3) is 0 Å². The zero-order chi connectivity index (χ0) is 24.9. The van der Waals surface area contributed by atoms with Crippen molar-refractivity contribution in [1.29, 1.82) is 0 Å². The van der Waals surface area contributed by atoms with E-state index in [2.05, 4.69) is 5.32 Å². The third-order valence-corrected chi connectivity index (χ3v) is 7.00. The number of nitrogens with zero attached hydrogens (tertiary/aromatic N) is 2. The highest BCUT2D eigenvalue weighted by molar-refractivity contribution is 8.16. The van der Waals surface area contributed by atoms with E-state index in [1.165, 1.54) is 11.8 Å². The molecule has 0 radical (unpaired) electrons. The van der Waals surface area contributed by atoms with Crippen LogP contribution in [-0.2, 0) is 14.3 Å². The SMILES string of the molecule is CCOC(=O)C1=C(c2ccccc2)N=C2SC=C(CC(=O)N[C@@H](C)CC)N2[C@H]1c1ccc(C)cc1. The second-order valence-corrected chi connectivity index (χ2v) is 9.54. The quantitative estimate of drug-likeness (QED) is 0.491. The summed E-state index contributed by atoms with van der Waals surface area (Å²) in [5, 5.41) is 5.75. The number of aliphatic imine (C=N–C) groups is 1. The van der Waals surface area contributed by atoms with Crippen molar-refractivity contribution >= 4 is 34.5 Å². The highest BCUT2D eigenvalue weighted by Crippen LogP contribution is 2.47. The second-order valence-electron chi connectivity index (χ2n) is 8.71. The molecule has 0 bridgehead atoms. The lowest BCUT2D eigenvalue weighted by atomic mass is 9.91. The molecule has 1 N–H and O–H groups in total. The number of nitrogens with one attached hydrogen (secondary N) is 1. The van der Waals surface area contributed by atoms with Gasteiger partial charge in [0.15, 0.2) is 5.17 Å². The Labute approximate surface area is 211 Å². The van der Waals surface area contributed by atoms with Gasteiger partial charge in [-0.05, 0) is 38.2 Å². The first kappa shape index (κ1) is 24.8. The molecule has 35 heavy (non-hydrogen) atoms. The number of ether oxygens (including phenoxy) is 1. The molecule has 2 aliphatic rings. The fourth-order valence-corrected chi connectivity index (χ4v) is 5.06. The van der Waals surface area contributed by atoms with Crippen LogP contribution in [-0.4, -0.2) is 34.6 Å². The molecule has 0 unspecified atom stereocenters. The first-order valence-corrected chi connectivity index (χ1v) is 12.9. The lowest BCUT2D eigenvalue weighted by molar-refractivity contribution is -0.139. The molecule has 2 atom stereocenters. The number of carbonyl (C=O) groups is 2. The number of carbonyl (C=O) groups excluding carboxylic acids is 2. The Morgan fingerprint density at radius 2 is 1.83 bits per heavy atom. The molecule has 7 heteroatoms. The number of rotatable bonds is 8. The minimum Gasteiger partial charge on any atom is -0.463 e. The fourth-order valence-electron chi connectivity index (χ4n) is 4.15. The minimum absolute atomic E-state index is 0.0503. The van der Waals surface area contributed by atoms with Gasteiger partial charge in [-0.25, -0.2) is 9.79 Å². The molecule has 2 aromatic rings. The van der Waals surface area contributed by atoms with Crippen LogP contribution in [0.1, 0.15) is 56.3 Å². The molecule has 0 saturated heterocycles. The molecular formula is C28H31N3O3S. The number of amides is 1. The van der Waals surface area contributed by atoms with Gasteiger partial charge in [0.2, 0.25) is 5.91 Å². The van der Waals surface area contributed by atoms with E-state index >= 15 is 0 Å². The zero-order valence-electron chi connectivity index (χ0n) is 20.6. The van der Waals surface area contributed by atoms with Crippen LogP contribution in [0.15, 0.2) is 76.3 Å². The van der Waals surface area contributed by atoms with Gasteiger partial charge >= 0.3 is 5.97 Å². The molecule has 0 aromatic heterocycles. The van der Waals surface area contributed by atoms with Crippen molar-refractivity contribution in [2.45, 2.75) is 52.6 Å². The summed E-state index contributed by atoms with van der Waals surface area (Å²) >= 11 is 1.48. The van der Waals surface area contributed by atoms with Crippen LogP contribution < -0.4 is 5.32 Å². The number of thioether (sulfide) groups is 1. The van der Waals surface area contributed by atoms with Gasteiger partial charge in [-0.1, -0.05) is 78.8 Å². The average molecular weight is 490 g/mol. The van der Waals surface area contributed by atoms with Gasteiger partial charge < -0.3 is 15.0 Å². The van der Waals surface area contributed by atoms with Crippen LogP contribution in [0.4, 0.5) is 0 Å². The number of amidine groups is 1. The van der Waals surface area contributed by atoms with Crippen LogP contribution in [0.5, 0.6) is 0 Å². The summed E-state index contributed by atoms with van der Waals surface area (Å²) in [5.74, 6) is -0.453. The van der Waals surface area contributed by atoms with Crippen LogP contribution >= 0.6 is 11.8 Å². The van der Waals surface area contributed by atoms with Crippen LogP contribution in [0.3, 0.4) is 0 Å². The lowest BCUT2D eigenvalue weighted by Crippen LogP contribution is -2.39. The third kappa shape index (κ3) is 5.35. The van der Waals surface area contributed by atoms with Gasteiger partial charge in [-0.15, -0.1) is 0 Å². The topological polar surface area (TPSA) is 71.0 Å². The normalized spacial score (nSPS) is 17.9. The molecule has 6 nitrogen and oxygen atoms in total. The summed E-state index contributed by atoms with van der Waals surface area (Å²) < 4.78 is 5.54. The molecule has 2 aromatic carbocycles. The van der Waals surface area contributed by atoms with E-state index < -0.39 is 12.0 Å². The number of benzene rings is 2. The Morgan fingerprint density at radius 3 is 2.49 bits per heavy atom. The summed E-state index contributed by atoms with van der Waals surface area (Å²) in [7, 11) is 0. The van der Waals surface area contributed by atoms with Gasteiger partial charge in [0.05, 0.1) is 30.3 Å². The maximum absolute atomic E-state index is 13.5. The molecular weight excluding hydrogens is 458 g/mol. The van der Waals surface area contributed by atoms with Gasteiger partial charge in [0, 0.05) is 17.3 Å². The number of hydrogen-bond acceptors (Lipinski definition) is 6. The van der Waals surface area contributed by atoms with Gasteiger partial charge in [0.1, 0.15) is 0 Å². The summed E-state index contributed by atoms with van der Waals surface area (Å²) in [6.45, 7) is 8.13. The van der Waals surface area contributed by atoms with Crippen molar-refractivity contribution in [1.82, 2.24) is 10.2 Å². The fraction of sp³-hybridized carbons (Fsp3) is 0.321. The molecule has 0 spiro atoms.